The number of sulfonamides is 2. The average molecular weight is 448 g/mol. The van der Waals surface area contributed by atoms with Crippen molar-refractivity contribution in [3.05, 3.63) is 65.2 Å². The SMILES string of the molecule is O=S(=O)(c1cc(C(F)(F)F)ccc1Cl)N1c2cccc3cccc(c23)S1(=O)=O. The van der Waals surface area contributed by atoms with Gasteiger partial charge in [-0.1, -0.05) is 35.9 Å². The lowest BCUT2D eigenvalue weighted by atomic mass is 10.1. The predicted octanol–water partition coefficient (Wildman–Crippen LogP) is 4.41. The molecule has 146 valence electrons. The molecule has 0 saturated carbocycles. The molecule has 1 aliphatic rings. The Hall–Kier alpha value is -2.30. The van der Waals surface area contributed by atoms with E-state index >= 15 is 0 Å². The Morgan fingerprint density at radius 3 is 2.25 bits per heavy atom. The van der Waals surface area contributed by atoms with Crippen LogP contribution in [0.15, 0.2) is 64.4 Å². The summed E-state index contributed by atoms with van der Waals surface area (Å²) in [5, 5.41) is 0.134. The van der Waals surface area contributed by atoms with Gasteiger partial charge >= 0.3 is 6.18 Å². The molecule has 3 aromatic carbocycles. The molecule has 0 radical (unpaired) electrons. The Morgan fingerprint density at radius 1 is 0.964 bits per heavy atom. The molecule has 0 aliphatic carbocycles. The second-order valence-corrected chi connectivity index (χ2v) is 10.1. The zero-order valence-corrected chi connectivity index (χ0v) is 16.0. The highest BCUT2D eigenvalue weighted by molar-refractivity contribution is 8.10. The van der Waals surface area contributed by atoms with Crippen molar-refractivity contribution in [2.45, 2.75) is 16.0 Å². The second kappa shape index (κ2) is 5.85. The summed E-state index contributed by atoms with van der Waals surface area (Å²) >= 11 is 5.85. The van der Waals surface area contributed by atoms with Gasteiger partial charge in [-0.15, -0.1) is 0 Å². The minimum Gasteiger partial charge on any atom is -0.200 e. The van der Waals surface area contributed by atoms with Gasteiger partial charge in [-0.05, 0) is 35.7 Å². The van der Waals surface area contributed by atoms with Crippen LogP contribution in [0.5, 0.6) is 0 Å². The molecule has 4 rings (SSSR count). The Labute approximate surface area is 163 Å². The van der Waals surface area contributed by atoms with Crippen molar-refractivity contribution >= 4 is 48.1 Å². The summed E-state index contributed by atoms with van der Waals surface area (Å²) in [6.07, 6.45) is -4.83. The molecule has 0 unspecified atom stereocenters. The van der Waals surface area contributed by atoms with E-state index in [-0.39, 0.29) is 19.7 Å². The van der Waals surface area contributed by atoms with Gasteiger partial charge in [0.2, 0.25) is 0 Å². The molecular formula is C17H9ClF3NO4S2. The molecule has 0 saturated heterocycles. The van der Waals surface area contributed by atoms with E-state index in [9.17, 15) is 30.0 Å². The summed E-state index contributed by atoms with van der Waals surface area (Å²) in [6.45, 7) is 0. The van der Waals surface area contributed by atoms with E-state index in [1.54, 1.807) is 12.1 Å². The summed E-state index contributed by atoms with van der Waals surface area (Å²) in [5.74, 6) is 0. The fourth-order valence-corrected chi connectivity index (χ4v) is 7.52. The molecule has 0 amide bonds. The Bertz CT molecular complexity index is 1350. The zero-order chi connectivity index (χ0) is 20.5. The highest BCUT2D eigenvalue weighted by Crippen LogP contribution is 2.46. The number of benzene rings is 3. The maximum Gasteiger partial charge on any atom is 0.416 e. The first-order chi connectivity index (χ1) is 13.0. The minimum absolute atomic E-state index is 0.138. The quantitative estimate of drug-likeness (QED) is 0.583. The maximum atomic E-state index is 13.2. The molecule has 1 heterocycles. The van der Waals surface area contributed by atoms with Gasteiger partial charge in [0, 0.05) is 5.39 Å². The molecule has 0 N–H and O–H groups in total. The van der Waals surface area contributed by atoms with Gasteiger partial charge in [-0.25, -0.2) is 0 Å². The molecule has 0 bridgehead atoms. The summed E-state index contributed by atoms with van der Waals surface area (Å²) in [5.41, 5.74) is -1.43. The van der Waals surface area contributed by atoms with Gasteiger partial charge in [0.1, 0.15) is 4.90 Å². The van der Waals surface area contributed by atoms with Crippen LogP contribution in [0.4, 0.5) is 18.9 Å². The number of hydrogen-bond acceptors (Lipinski definition) is 4. The fraction of sp³-hybridized carbons (Fsp3) is 0.0588. The van der Waals surface area contributed by atoms with Crippen LogP contribution in [0, 0.1) is 0 Å². The molecule has 0 fully saturated rings. The number of anilines is 1. The Kier molecular flexibility index (Phi) is 3.98. The number of nitrogens with zero attached hydrogens (tertiary/aromatic N) is 1. The van der Waals surface area contributed by atoms with Crippen molar-refractivity contribution in [3.63, 3.8) is 0 Å². The summed E-state index contributed by atoms with van der Waals surface area (Å²) in [4.78, 5) is -1.19. The van der Waals surface area contributed by atoms with Gasteiger partial charge in [0.15, 0.2) is 0 Å². The lowest BCUT2D eigenvalue weighted by molar-refractivity contribution is -0.137. The highest BCUT2D eigenvalue weighted by atomic mass is 35.5. The molecule has 0 atom stereocenters. The molecule has 5 nitrogen and oxygen atoms in total. The van der Waals surface area contributed by atoms with Crippen molar-refractivity contribution in [2.24, 2.45) is 0 Å². The second-order valence-electron chi connectivity index (χ2n) is 5.98. The van der Waals surface area contributed by atoms with Crippen molar-refractivity contribution in [3.8, 4) is 0 Å². The number of rotatable bonds is 2. The molecule has 28 heavy (non-hydrogen) atoms. The first-order valence-corrected chi connectivity index (χ1v) is 10.9. The minimum atomic E-state index is -4.96. The van der Waals surface area contributed by atoms with Crippen LogP contribution in [-0.4, -0.2) is 16.8 Å². The van der Waals surface area contributed by atoms with Crippen LogP contribution < -0.4 is 3.71 Å². The number of halogens is 4. The van der Waals surface area contributed by atoms with E-state index in [2.05, 4.69) is 0 Å². The van der Waals surface area contributed by atoms with Gasteiger partial charge in [0.25, 0.3) is 20.0 Å². The van der Waals surface area contributed by atoms with E-state index in [1.807, 2.05) is 0 Å². The molecular weight excluding hydrogens is 439 g/mol. The van der Waals surface area contributed by atoms with Crippen LogP contribution in [-0.2, 0) is 26.2 Å². The van der Waals surface area contributed by atoms with Crippen LogP contribution >= 0.6 is 11.6 Å². The third-order valence-electron chi connectivity index (χ3n) is 4.29. The fourth-order valence-electron chi connectivity index (χ4n) is 3.10. The van der Waals surface area contributed by atoms with Crippen molar-refractivity contribution in [1.29, 1.82) is 0 Å². The molecule has 11 heteroatoms. The topological polar surface area (TPSA) is 71.5 Å². The predicted molar refractivity (Wildman–Crippen MR) is 97.3 cm³/mol. The van der Waals surface area contributed by atoms with E-state index in [0.717, 1.165) is 6.07 Å². The normalized spacial score (nSPS) is 15.9. The molecule has 1 aliphatic heterocycles. The zero-order valence-electron chi connectivity index (χ0n) is 13.6. The van der Waals surface area contributed by atoms with Crippen LogP contribution in [0.2, 0.25) is 5.02 Å². The Morgan fingerprint density at radius 2 is 1.61 bits per heavy atom. The van der Waals surface area contributed by atoms with Gasteiger partial charge < -0.3 is 0 Å². The van der Waals surface area contributed by atoms with Gasteiger partial charge in [-0.3, -0.25) is 0 Å². The average Bonchev–Trinajstić information content (AvgIpc) is 2.84. The van der Waals surface area contributed by atoms with Crippen molar-refractivity contribution < 1.29 is 30.0 Å². The Balaban J connectivity index is 2.02. The van der Waals surface area contributed by atoms with E-state index in [0.29, 0.717) is 17.5 Å². The summed E-state index contributed by atoms with van der Waals surface area (Å²) < 4.78 is 91.5. The number of hydrogen-bond donors (Lipinski definition) is 0. The van der Waals surface area contributed by atoms with Crippen LogP contribution in [0.1, 0.15) is 5.56 Å². The summed E-state index contributed by atoms with van der Waals surface area (Å²) in [7, 11) is -9.52. The highest BCUT2D eigenvalue weighted by Gasteiger charge is 2.45. The monoisotopic (exact) mass is 447 g/mol. The van der Waals surface area contributed by atoms with Crippen LogP contribution in [0.3, 0.4) is 0 Å². The van der Waals surface area contributed by atoms with Crippen molar-refractivity contribution in [1.82, 2.24) is 0 Å². The van der Waals surface area contributed by atoms with E-state index in [1.165, 1.54) is 24.3 Å². The molecule has 0 aromatic heterocycles. The lowest BCUT2D eigenvalue weighted by Gasteiger charge is -2.20. The van der Waals surface area contributed by atoms with E-state index in [4.69, 9.17) is 11.6 Å². The summed E-state index contributed by atoms with van der Waals surface area (Å²) in [6, 6.07) is 10.3. The third-order valence-corrected chi connectivity index (χ3v) is 8.97. The van der Waals surface area contributed by atoms with E-state index < -0.39 is 41.7 Å². The van der Waals surface area contributed by atoms with Gasteiger partial charge in [0.05, 0.1) is 21.2 Å². The molecule has 0 spiro atoms. The van der Waals surface area contributed by atoms with Gasteiger partial charge in [-0.2, -0.15) is 33.7 Å². The first-order valence-electron chi connectivity index (χ1n) is 7.65. The van der Waals surface area contributed by atoms with Crippen LogP contribution in [0.25, 0.3) is 10.8 Å². The maximum absolute atomic E-state index is 13.2. The first kappa shape index (κ1) is 19.0. The smallest absolute Gasteiger partial charge is 0.200 e. The standard InChI is InChI=1S/C17H9ClF3NO4S2/c18-12-8-7-11(17(19,20)21)9-15(12)28(25,26)22-13-5-1-3-10-4-2-6-14(16(10)13)27(22,23)24/h1-9H. The number of alkyl halides is 3. The molecule has 3 aromatic rings. The van der Waals surface area contributed by atoms with Crippen molar-refractivity contribution in [2.75, 3.05) is 3.71 Å². The largest absolute Gasteiger partial charge is 0.416 e. The lowest BCUT2D eigenvalue weighted by Crippen LogP contribution is -2.34. The third kappa shape index (κ3) is 2.59.